The molecule has 1 saturated heterocycles. The Kier molecular flexibility index (Phi) is 10.7. The second kappa shape index (κ2) is 14.6. The van der Waals surface area contributed by atoms with Gasteiger partial charge in [0.25, 0.3) is 0 Å². The molecule has 3 aromatic carbocycles. The van der Waals surface area contributed by atoms with Crippen LogP contribution >= 0.6 is 23.2 Å². The van der Waals surface area contributed by atoms with E-state index in [1.165, 1.54) is 12.1 Å². The highest BCUT2D eigenvalue weighted by Crippen LogP contribution is 2.42. The van der Waals surface area contributed by atoms with Crippen molar-refractivity contribution in [3.05, 3.63) is 97.5 Å². The minimum Gasteiger partial charge on any atom is -0.487 e. The predicted octanol–water partition coefficient (Wildman–Crippen LogP) is 7.40. The van der Waals surface area contributed by atoms with Gasteiger partial charge in [-0.25, -0.2) is 8.78 Å². The maximum Gasteiger partial charge on any atom is 0.311 e. The van der Waals surface area contributed by atoms with Crippen LogP contribution in [-0.4, -0.2) is 61.7 Å². The maximum absolute atomic E-state index is 15.0. The molecule has 1 heterocycles. The average Bonchev–Trinajstić information content (AvgIpc) is 3.49. The Labute approximate surface area is 272 Å². The molecule has 2 fully saturated rings. The van der Waals surface area contributed by atoms with E-state index in [4.69, 9.17) is 32.9 Å². The molecular weight excluding hydrogens is 623 g/mol. The van der Waals surface area contributed by atoms with Crippen LogP contribution in [0.15, 0.2) is 59.6 Å². The van der Waals surface area contributed by atoms with Crippen molar-refractivity contribution in [1.29, 1.82) is 0 Å². The lowest BCUT2D eigenvalue weighted by molar-refractivity contribution is -0.385. The topological polar surface area (TPSA) is 83.2 Å². The zero-order chi connectivity index (χ0) is 32.0. The molecule has 0 amide bonds. The molecule has 2 aliphatic rings. The van der Waals surface area contributed by atoms with Gasteiger partial charge in [0, 0.05) is 72.1 Å². The monoisotopic (exact) mass is 659 g/mol. The van der Waals surface area contributed by atoms with E-state index in [1.807, 2.05) is 12.1 Å². The van der Waals surface area contributed by atoms with Crippen LogP contribution in [0.1, 0.15) is 43.7 Å². The van der Waals surface area contributed by atoms with E-state index in [0.717, 1.165) is 43.0 Å². The Morgan fingerprint density at radius 1 is 1.04 bits per heavy atom. The summed E-state index contributed by atoms with van der Waals surface area (Å²) in [6.07, 6.45) is 4.13. The number of nitrogens with zero attached hydrogens (tertiary/aromatic N) is 4. The largest absolute Gasteiger partial charge is 0.487 e. The number of hydrogen-bond acceptors (Lipinski definition) is 5. The number of anilines is 1. The summed E-state index contributed by atoms with van der Waals surface area (Å²) in [6, 6.07) is 14.3. The van der Waals surface area contributed by atoms with E-state index in [2.05, 4.69) is 15.1 Å². The molecule has 12 heteroatoms. The van der Waals surface area contributed by atoms with Gasteiger partial charge in [-0.15, -0.1) is 0 Å². The van der Waals surface area contributed by atoms with E-state index in [9.17, 15) is 14.5 Å². The average molecular weight is 661 g/mol. The van der Waals surface area contributed by atoms with Gasteiger partial charge < -0.3 is 19.9 Å². The summed E-state index contributed by atoms with van der Waals surface area (Å²) in [7, 11) is 0. The smallest absolute Gasteiger partial charge is 0.311 e. The third-order valence-electron chi connectivity index (χ3n) is 8.67. The van der Waals surface area contributed by atoms with Gasteiger partial charge >= 0.3 is 5.69 Å². The molecule has 3 aromatic rings. The van der Waals surface area contributed by atoms with Crippen molar-refractivity contribution in [3.63, 3.8) is 0 Å². The molecule has 8 nitrogen and oxygen atoms in total. The molecule has 0 aromatic heterocycles. The van der Waals surface area contributed by atoms with Crippen molar-refractivity contribution in [2.45, 2.75) is 44.4 Å². The van der Waals surface area contributed by atoms with Crippen LogP contribution in [0.3, 0.4) is 0 Å². The highest BCUT2D eigenvalue weighted by atomic mass is 35.5. The first-order chi connectivity index (χ1) is 21.7. The molecule has 45 heavy (non-hydrogen) atoms. The van der Waals surface area contributed by atoms with Gasteiger partial charge in [0.1, 0.15) is 11.6 Å². The molecule has 240 valence electrons. The van der Waals surface area contributed by atoms with Crippen LogP contribution in [0.2, 0.25) is 10.0 Å². The van der Waals surface area contributed by atoms with E-state index in [0.29, 0.717) is 73.9 Å². The van der Waals surface area contributed by atoms with Gasteiger partial charge in [0.2, 0.25) is 0 Å². The summed E-state index contributed by atoms with van der Waals surface area (Å²) in [5, 5.41) is 16.1. The minimum absolute atomic E-state index is 0.0583. The third-order valence-corrected chi connectivity index (χ3v) is 9.26. The van der Waals surface area contributed by atoms with Crippen molar-refractivity contribution in [3.8, 4) is 5.75 Å². The molecule has 1 saturated carbocycles. The normalized spacial score (nSPS) is 16.6. The van der Waals surface area contributed by atoms with Crippen LogP contribution in [0.25, 0.3) is 0 Å². The van der Waals surface area contributed by atoms with E-state index in [1.54, 1.807) is 31.2 Å². The fourth-order valence-corrected chi connectivity index (χ4v) is 6.81. The van der Waals surface area contributed by atoms with Crippen molar-refractivity contribution >= 4 is 40.5 Å². The second-order valence-corrected chi connectivity index (χ2v) is 12.3. The fourth-order valence-electron chi connectivity index (χ4n) is 6.31. The van der Waals surface area contributed by atoms with Gasteiger partial charge in [0.15, 0.2) is 11.7 Å². The number of guanidine groups is 1. The first-order valence-electron chi connectivity index (χ1n) is 15.3. The van der Waals surface area contributed by atoms with Crippen LogP contribution in [0.4, 0.5) is 20.2 Å². The Bertz CT molecular complexity index is 1540. The second-order valence-electron chi connectivity index (χ2n) is 11.5. The number of rotatable bonds is 10. The van der Waals surface area contributed by atoms with Crippen LogP contribution in [-0.2, 0) is 11.8 Å². The van der Waals surface area contributed by atoms with Crippen molar-refractivity contribution in [2.75, 3.05) is 50.8 Å². The molecule has 1 aliphatic carbocycles. The zero-order valence-electron chi connectivity index (χ0n) is 25.2. The molecular formula is C33H37Cl2F2N5O3. The van der Waals surface area contributed by atoms with Crippen LogP contribution in [0, 0.1) is 21.7 Å². The molecule has 0 bridgehead atoms. The molecule has 5 rings (SSSR count). The number of hydrogen-bond donors (Lipinski definition) is 1. The number of aliphatic imine (C=N–C) groups is 1. The lowest BCUT2D eigenvalue weighted by Crippen LogP contribution is -2.53. The number of ether oxygens (including phenoxy) is 1. The highest BCUT2D eigenvalue weighted by molar-refractivity contribution is 6.35. The molecule has 0 spiro atoms. The zero-order valence-corrected chi connectivity index (χ0v) is 26.7. The summed E-state index contributed by atoms with van der Waals surface area (Å²) >= 11 is 12.5. The third kappa shape index (κ3) is 7.79. The summed E-state index contributed by atoms with van der Waals surface area (Å²) < 4.78 is 34.4. The number of halogens is 4. The van der Waals surface area contributed by atoms with Gasteiger partial charge in [-0.05, 0) is 61.6 Å². The Morgan fingerprint density at radius 3 is 2.47 bits per heavy atom. The molecule has 0 atom stereocenters. The molecule has 0 radical (unpaired) electrons. The predicted molar refractivity (Wildman–Crippen MR) is 175 cm³/mol. The summed E-state index contributed by atoms with van der Waals surface area (Å²) in [6.45, 7) is 5.67. The van der Waals surface area contributed by atoms with Gasteiger partial charge in [-0.2, -0.15) is 0 Å². The quantitative estimate of drug-likeness (QED) is 0.106. The summed E-state index contributed by atoms with van der Waals surface area (Å²) in [5.74, 6) is -0.146. The lowest BCUT2D eigenvalue weighted by Gasteiger charge is -2.38. The van der Waals surface area contributed by atoms with E-state index < -0.39 is 22.0 Å². The van der Waals surface area contributed by atoms with Crippen molar-refractivity contribution in [2.24, 2.45) is 4.99 Å². The fraction of sp³-hybridized carbons (Fsp3) is 0.424. The molecule has 0 unspecified atom stereocenters. The van der Waals surface area contributed by atoms with E-state index >= 15 is 4.39 Å². The summed E-state index contributed by atoms with van der Waals surface area (Å²) in [5.41, 5.74) is 1.77. The Hall–Kier alpha value is -3.63. The van der Waals surface area contributed by atoms with Crippen LogP contribution < -0.4 is 15.0 Å². The first-order valence-corrected chi connectivity index (χ1v) is 16.0. The number of nitro benzene ring substituents is 1. The standard InChI is InChI=1S/C33H37Cl2F2N5O3/c1-2-45-31-21-26(8-10-30(31)42(43)44)40-15-17-41(18-16-40)32(38-14-11-23-5-6-24(34)19-28(23)35)39-22-33(12-3-4-13-33)27-9-7-25(36)20-29(27)37/h5-10,19-21H,2-4,11-18,22H2,1H3,(H,38,39). The molecule has 1 aliphatic heterocycles. The maximum atomic E-state index is 15.0. The van der Waals surface area contributed by atoms with Crippen molar-refractivity contribution in [1.82, 2.24) is 10.2 Å². The van der Waals surface area contributed by atoms with Gasteiger partial charge in [-0.3, -0.25) is 15.1 Å². The number of piperazine rings is 1. The van der Waals surface area contributed by atoms with Gasteiger partial charge in [-0.1, -0.05) is 48.2 Å². The number of nitrogens with one attached hydrogen (secondary N) is 1. The highest BCUT2D eigenvalue weighted by Gasteiger charge is 2.38. The Balaban J connectivity index is 1.35. The summed E-state index contributed by atoms with van der Waals surface area (Å²) in [4.78, 5) is 20.4. The number of benzene rings is 3. The lowest BCUT2D eigenvalue weighted by atomic mass is 9.78. The first kappa shape index (κ1) is 32.8. The van der Waals surface area contributed by atoms with Crippen molar-refractivity contribution < 1.29 is 18.4 Å². The van der Waals surface area contributed by atoms with Gasteiger partial charge in [0.05, 0.1) is 18.1 Å². The SMILES string of the molecule is CCOc1cc(N2CCN(C(=NCC3(c4ccc(F)cc4F)CCCC3)NCCc3ccc(Cl)cc3Cl)CC2)ccc1[N+](=O)[O-]. The van der Waals surface area contributed by atoms with E-state index in [-0.39, 0.29) is 11.4 Å². The van der Waals surface area contributed by atoms with Crippen LogP contribution in [0.5, 0.6) is 5.75 Å². The molecule has 1 N–H and O–H groups in total. The minimum atomic E-state index is -0.588. The number of nitro groups is 1. The Morgan fingerprint density at radius 2 is 1.80 bits per heavy atom.